The van der Waals surface area contributed by atoms with Crippen LogP contribution in [0.1, 0.15) is 19.3 Å². The third kappa shape index (κ3) is 2.17. The van der Waals surface area contributed by atoms with E-state index in [1.54, 1.807) is 0 Å². The average Bonchev–Trinajstić information content (AvgIpc) is 2.73. The van der Waals surface area contributed by atoms with Gasteiger partial charge in [0.25, 0.3) is 0 Å². The van der Waals surface area contributed by atoms with Gasteiger partial charge >= 0.3 is 0 Å². The summed E-state index contributed by atoms with van der Waals surface area (Å²) >= 11 is 0. The molecule has 2 rings (SSSR count). The van der Waals surface area contributed by atoms with E-state index in [0.29, 0.717) is 5.82 Å². The van der Waals surface area contributed by atoms with E-state index in [1.807, 2.05) is 6.08 Å². The minimum Gasteiger partial charge on any atom is -0.385 e. The maximum absolute atomic E-state index is 6.07. The van der Waals surface area contributed by atoms with E-state index in [0.717, 1.165) is 13.0 Å². The Morgan fingerprint density at radius 2 is 2.14 bits per heavy atom. The van der Waals surface area contributed by atoms with Crippen LogP contribution in [0, 0.1) is 0 Å². The van der Waals surface area contributed by atoms with Gasteiger partial charge in [-0.05, 0) is 38.4 Å². The summed E-state index contributed by atoms with van der Waals surface area (Å²) in [7, 11) is 0. The third-order valence-corrected chi connectivity index (χ3v) is 2.89. The quantitative estimate of drug-likeness (QED) is 0.468. The molecule has 1 atom stereocenters. The summed E-state index contributed by atoms with van der Waals surface area (Å²) in [6, 6.07) is 0. The van der Waals surface area contributed by atoms with Crippen LogP contribution in [0.5, 0.6) is 0 Å². The van der Waals surface area contributed by atoms with Crippen LogP contribution in [0.4, 0.5) is 0 Å². The molecule has 5 nitrogen and oxygen atoms in total. The van der Waals surface area contributed by atoms with Gasteiger partial charge in [-0.15, -0.1) is 0 Å². The highest BCUT2D eigenvalue weighted by atomic mass is 15.5. The smallest absolute Gasteiger partial charge is 0.110 e. The Labute approximate surface area is 84.5 Å². The normalized spacial score (nSPS) is 33.1. The van der Waals surface area contributed by atoms with E-state index in [4.69, 9.17) is 11.5 Å². The van der Waals surface area contributed by atoms with Crippen molar-refractivity contribution in [2.24, 2.45) is 11.5 Å². The van der Waals surface area contributed by atoms with E-state index >= 15 is 0 Å². The topological polar surface area (TPSA) is 79.3 Å². The zero-order valence-corrected chi connectivity index (χ0v) is 8.42. The van der Waals surface area contributed by atoms with E-state index in [-0.39, 0.29) is 0 Å². The van der Waals surface area contributed by atoms with Gasteiger partial charge in [0.15, 0.2) is 0 Å². The molecule has 0 amide bonds. The van der Waals surface area contributed by atoms with Crippen molar-refractivity contribution in [2.45, 2.75) is 24.9 Å². The highest BCUT2D eigenvalue weighted by Gasteiger charge is 2.28. The molecule has 0 saturated carbocycles. The van der Waals surface area contributed by atoms with Crippen LogP contribution in [-0.2, 0) is 0 Å². The molecule has 0 aromatic rings. The van der Waals surface area contributed by atoms with Crippen LogP contribution in [0.2, 0.25) is 0 Å². The molecule has 1 saturated heterocycles. The van der Waals surface area contributed by atoms with Crippen molar-refractivity contribution in [3.63, 3.8) is 0 Å². The van der Waals surface area contributed by atoms with Gasteiger partial charge < -0.3 is 21.8 Å². The summed E-state index contributed by atoms with van der Waals surface area (Å²) in [5.74, 6) is 0.619. The largest absolute Gasteiger partial charge is 0.385 e. The molecule has 0 bridgehead atoms. The van der Waals surface area contributed by atoms with Gasteiger partial charge in [-0.25, -0.2) is 5.43 Å². The number of likely N-dealkylation sites (tertiary alicyclic amines) is 1. The fraction of sp³-hybridized carbons (Fsp3) is 0.778. The van der Waals surface area contributed by atoms with Gasteiger partial charge in [0.2, 0.25) is 0 Å². The second-order valence-corrected chi connectivity index (χ2v) is 4.19. The molecule has 0 radical (unpaired) electrons. The lowest BCUT2D eigenvalue weighted by molar-refractivity contribution is 0.279. The Hall–Kier alpha value is -0.780. The Bertz CT molecular complexity index is 233. The SMILES string of the molecule is NC1=CC(N)(CCN2CCCC2)NN1. The van der Waals surface area contributed by atoms with E-state index in [1.165, 1.54) is 25.9 Å². The monoisotopic (exact) mass is 197 g/mol. The van der Waals surface area contributed by atoms with Gasteiger partial charge in [0.1, 0.15) is 11.5 Å². The van der Waals surface area contributed by atoms with Crippen molar-refractivity contribution in [1.82, 2.24) is 15.8 Å². The number of hydrazine groups is 1. The molecule has 2 aliphatic rings. The summed E-state index contributed by atoms with van der Waals surface area (Å²) in [5.41, 5.74) is 17.0. The molecule has 0 aromatic heterocycles. The van der Waals surface area contributed by atoms with Crippen LogP contribution in [0.25, 0.3) is 0 Å². The van der Waals surface area contributed by atoms with Gasteiger partial charge in [-0.1, -0.05) is 0 Å². The highest BCUT2D eigenvalue weighted by molar-refractivity contribution is 5.13. The summed E-state index contributed by atoms with van der Waals surface area (Å²) in [6.45, 7) is 3.46. The molecule has 0 aliphatic carbocycles. The molecular weight excluding hydrogens is 178 g/mol. The Morgan fingerprint density at radius 1 is 1.43 bits per heavy atom. The molecule has 80 valence electrons. The fourth-order valence-corrected chi connectivity index (χ4v) is 2.02. The molecule has 0 spiro atoms. The lowest BCUT2D eigenvalue weighted by Gasteiger charge is -2.24. The van der Waals surface area contributed by atoms with Crippen LogP contribution in [0.15, 0.2) is 11.9 Å². The Morgan fingerprint density at radius 3 is 2.71 bits per heavy atom. The van der Waals surface area contributed by atoms with Crippen molar-refractivity contribution in [3.8, 4) is 0 Å². The zero-order valence-electron chi connectivity index (χ0n) is 8.42. The molecular formula is C9H19N5. The maximum Gasteiger partial charge on any atom is 0.110 e. The maximum atomic E-state index is 6.07. The number of nitrogens with two attached hydrogens (primary N) is 2. The van der Waals surface area contributed by atoms with E-state index < -0.39 is 5.66 Å². The second kappa shape index (κ2) is 3.76. The van der Waals surface area contributed by atoms with Crippen molar-refractivity contribution in [2.75, 3.05) is 19.6 Å². The number of nitrogens with one attached hydrogen (secondary N) is 2. The van der Waals surface area contributed by atoms with Gasteiger partial charge in [0, 0.05) is 6.54 Å². The Kier molecular flexibility index (Phi) is 2.62. The predicted molar refractivity (Wildman–Crippen MR) is 55.8 cm³/mol. The number of hydrogen-bond acceptors (Lipinski definition) is 5. The van der Waals surface area contributed by atoms with Gasteiger partial charge in [-0.3, -0.25) is 0 Å². The molecule has 1 fully saturated rings. The van der Waals surface area contributed by atoms with Crippen molar-refractivity contribution in [1.29, 1.82) is 0 Å². The first-order valence-corrected chi connectivity index (χ1v) is 5.21. The zero-order chi connectivity index (χ0) is 10.0. The number of nitrogens with zero attached hydrogens (tertiary/aromatic N) is 1. The van der Waals surface area contributed by atoms with Crippen molar-refractivity contribution >= 4 is 0 Å². The number of rotatable bonds is 3. The first-order valence-electron chi connectivity index (χ1n) is 5.21. The molecule has 0 aromatic carbocycles. The molecule has 5 heteroatoms. The average molecular weight is 197 g/mol. The van der Waals surface area contributed by atoms with E-state index in [2.05, 4.69) is 15.8 Å². The minimum absolute atomic E-state index is 0.466. The highest BCUT2D eigenvalue weighted by Crippen LogP contribution is 2.13. The lowest BCUT2D eigenvalue weighted by atomic mass is 10.1. The first kappa shape index (κ1) is 9.76. The molecule has 6 N–H and O–H groups in total. The number of hydrogen-bond donors (Lipinski definition) is 4. The van der Waals surface area contributed by atoms with Crippen LogP contribution in [-0.4, -0.2) is 30.2 Å². The molecule has 2 heterocycles. The van der Waals surface area contributed by atoms with Crippen molar-refractivity contribution < 1.29 is 0 Å². The fourth-order valence-electron chi connectivity index (χ4n) is 2.02. The second-order valence-electron chi connectivity index (χ2n) is 4.19. The van der Waals surface area contributed by atoms with Crippen LogP contribution in [0.3, 0.4) is 0 Å². The first-order chi connectivity index (χ1) is 6.68. The molecule has 2 aliphatic heterocycles. The summed E-state index contributed by atoms with van der Waals surface area (Å²) < 4.78 is 0. The van der Waals surface area contributed by atoms with Gasteiger partial charge in [-0.2, -0.15) is 0 Å². The molecule has 14 heavy (non-hydrogen) atoms. The van der Waals surface area contributed by atoms with Crippen molar-refractivity contribution in [3.05, 3.63) is 11.9 Å². The summed E-state index contributed by atoms with van der Waals surface area (Å²) in [5, 5.41) is 0. The minimum atomic E-state index is -0.466. The van der Waals surface area contributed by atoms with Crippen LogP contribution < -0.4 is 22.3 Å². The summed E-state index contributed by atoms with van der Waals surface area (Å²) in [6.07, 6.45) is 5.38. The van der Waals surface area contributed by atoms with E-state index in [9.17, 15) is 0 Å². The van der Waals surface area contributed by atoms with Gasteiger partial charge in [0.05, 0.1) is 0 Å². The Balaban J connectivity index is 1.79. The lowest BCUT2D eigenvalue weighted by Crippen LogP contribution is -2.54. The molecule has 1 unspecified atom stereocenters. The standard InChI is InChI=1S/C9H19N5/c10-8-7-9(11,13-12-8)3-6-14-4-1-2-5-14/h7,12-13H,1-6,10-11H2. The summed E-state index contributed by atoms with van der Waals surface area (Å²) in [4.78, 5) is 2.44. The predicted octanol–water partition coefficient (Wildman–Crippen LogP) is -0.965. The van der Waals surface area contributed by atoms with Crippen LogP contribution >= 0.6 is 0 Å². The third-order valence-electron chi connectivity index (χ3n) is 2.89.